The Morgan fingerprint density at radius 2 is 1.83 bits per heavy atom. The lowest BCUT2D eigenvalue weighted by Crippen LogP contribution is -2.50. The van der Waals surface area contributed by atoms with Crippen LogP contribution in [0.2, 0.25) is 0 Å². The normalized spacial score (nSPS) is 24.9. The second kappa shape index (κ2) is 8.52. The molecular weight excluding hydrogens is 304 g/mol. The van der Waals surface area contributed by atoms with Crippen LogP contribution in [0.1, 0.15) is 31.2 Å². The predicted octanol–water partition coefficient (Wildman–Crippen LogP) is 3.08. The molecule has 2 saturated heterocycles. The highest BCUT2D eigenvalue weighted by Gasteiger charge is 2.28. The van der Waals surface area contributed by atoms with E-state index in [1.54, 1.807) is 11.8 Å². The van der Waals surface area contributed by atoms with Gasteiger partial charge in [-0.3, -0.25) is 9.80 Å². The maximum atomic E-state index is 9.30. The summed E-state index contributed by atoms with van der Waals surface area (Å²) in [6.45, 7) is 6.23. The zero-order chi connectivity index (χ0) is 16.1. The summed E-state index contributed by atoms with van der Waals surface area (Å²) in [5.41, 5.74) is 1.43. The Morgan fingerprint density at radius 1 is 1.09 bits per heavy atom. The van der Waals surface area contributed by atoms with Crippen molar-refractivity contribution in [1.29, 1.82) is 0 Å². The average molecular weight is 335 g/mol. The highest BCUT2D eigenvalue weighted by Crippen LogP contribution is 2.24. The first kappa shape index (κ1) is 17.3. The molecule has 1 aromatic carbocycles. The van der Waals surface area contributed by atoms with Crippen LogP contribution >= 0.6 is 11.8 Å². The Labute approximate surface area is 145 Å². The van der Waals surface area contributed by atoms with Gasteiger partial charge in [-0.1, -0.05) is 12.1 Å². The fourth-order valence-electron chi connectivity index (χ4n) is 3.96. The molecule has 0 aliphatic carbocycles. The molecule has 1 atom stereocenters. The van der Waals surface area contributed by atoms with E-state index in [4.69, 9.17) is 0 Å². The minimum absolute atomic E-state index is 0.372. The molecule has 23 heavy (non-hydrogen) atoms. The van der Waals surface area contributed by atoms with Crippen LogP contribution < -0.4 is 0 Å². The number of aliphatic hydroxyl groups is 1. The molecule has 2 heterocycles. The van der Waals surface area contributed by atoms with E-state index in [-0.39, 0.29) is 0 Å². The molecule has 2 aliphatic heterocycles. The van der Waals surface area contributed by atoms with E-state index in [0.29, 0.717) is 18.6 Å². The maximum Gasteiger partial charge on any atom is 0.0460 e. The van der Waals surface area contributed by atoms with Crippen molar-refractivity contribution in [1.82, 2.24) is 9.80 Å². The van der Waals surface area contributed by atoms with Crippen molar-refractivity contribution >= 4 is 11.8 Å². The summed E-state index contributed by atoms with van der Waals surface area (Å²) in [5.74, 6) is 0.542. The van der Waals surface area contributed by atoms with E-state index in [1.807, 2.05) is 0 Å². The van der Waals surface area contributed by atoms with Crippen molar-refractivity contribution < 1.29 is 5.11 Å². The molecule has 3 rings (SSSR count). The molecule has 2 fully saturated rings. The summed E-state index contributed by atoms with van der Waals surface area (Å²) in [6.07, 6.45) is 7.12. The lowest BCUT2D eigenvalue weighted by atomic mass is 9.94. The van der Waals surface area contributed by atoms with E-state index in [0.717, 1.165) is 6.54 Å². The Morgan fingerprint density at radius 3 is 2.48 bits per heavy atom. The minimum Gasteiger partial charge on any atom is -0.396 e. The molecule has 3 nitrogen and oxygen atoms in total. The number of nitrogens with zero attached hydrogens (tertiary/aromatic N) is 2. The summed E-state index contributed by atoms with van der Waals surface area (Å²) in [6, 6.07) is 9.75. The molecule has 0 aromatic heterocycles. The topological polar surface area (TPSA) is 26.7 Å². The second-order valence-electron chi connectivity index (χ2n) is 7.04. The summed E-state index contributed by atoms with van der Waals surface area (Å²) in [4.78, 5) is 6.65. The van der Waals surface area contributed by atoms with E-state index in [2.05, 4.69) is 40.3 Å². The van der Waals surface area contributed by atoms with Crippen LogP contribution in [0.5, 0.6) is 0 Å². The van der Waals surface area contributed by atoms with E-state index < -0.39 is 0 Å². The van der Waals surface area contributed by atoms with Gasteiger partial charge in [0.2, 0.25) is 0 Å². The predicted molar refractivity (Wildman–Crippen MR) is 97.9 cm³/mol. The Balaban J connectivity index is 1.51. The molecule has 4 heteroatoms. The van der Waals surface area contributed by atoms with Crippen molar-refractivity contribution in [2.75, 3.05) is 39.0 Å². The lowest BCUT2D eigenvalue weighted by molar-refractivity contribution is 0.0544. The SMILES string of the molecule is CSc1ccc(CN2CCC[C@H](N3CCC(CO)CC3)C2)cc1. The van der Waals surface area contributed by atoms with Gasteiger partial charge in [0.05, 0.1) is 0 Å². The molecule has 1 N–H and O–H groups in total. The first-order chi connectivity index (χ1) is 11.3. The van der Waals surface area contributed by atoms with Gasteiger partial charge in [-0.2, -0.15) is 0 Å². The van der Waals surface area contributed by atoms with Crippen molar-refractivity contribution in [3.63, 3.8) is 0 Å². The first-order valence-corrected chi connectivity index (χ1v) is 10.2. The van der Waals surface area contributed by atoms with Gasteiger partial charge >= 0.3 is 0 Å². The molecule has 0 bridgehead atoms. The Kier molecular flexibility index (Phi) is 6.40. The fourth-order valence-corrected chi connectivity index (χ4v) is 4.37. The number of benzene rings is 1. The van der Waals surface area contributed by atoms with E-state index in [9.17, 15) is 5.11 Å². The number of likely N-dealkylation sites (tertiary alicyclic amines) is 2. The summed E-state index contributed by atoms with van der Waals surface area (Å²) in [5, 5.41) is 9.30. The van der Waals surface area contributed by atoms with Crippen LogP contribution in [-0.2, 0) is 6.54 Å². The smallest absolute Gasteiger partial charge is 0.0460 e. The zero-order valence-electron chi connectivity index (χ0n) is 14.3. The van der Waals surface area contributed by atoms with Gasteiger partial charge < -0.3 is 5.11 Å². The monoisotopic (exact) mass is 334 g/mol. The fraction of sp³-hybridized carbons (Fsp3) is 0.684. The van der Waals surface area contributed by atoms with Crippen LogP contribution in [0.3, 0.4) is 0 Å². The average Bonchev–Trinajstić information content (AvgIpc) is 2.63. The summed E-state index contributed by atoms with van der Waals surface area (Å²) in [7, 11) is 0. The van der Waals surface area contributed by atoms with Gasteiger partial charge in [-0.05, 0) is 75.2 Å². The van der Waals surface area contributed by atoms with Crippen LogP contribution in [0.25, 0.3) is 0 Å². The molecular formula is C19H30N2OS. The molecule has 0 unspecified atom stereocenters. The van der Waals surface area contributed by atoms with Gasteiger partial charge in [-0.15, -0.1) is 11.8 Å². The highest BCUT2D eigenvalue weighted by molar-refractivity contribution is 7.98. The standard InChI is InChI=1S/C19H30N2OS/c1-23-19-6-4-16(5-7-19)13-20-10-2-3-18(14-20)21-11-8-17(15-22)9-12-21/h4-7,17-18,22H,2-3,8-15H2,1H3/t18-/m0/s1. The summed E-state index contributed by atoms with van der Waals surface area (Å²) < 4.78 is 0. The first-order valence-electron chi connectivity index (χ1n) is 8.98. The number of rotatable bonds is 5. The third kappa shape index (κ3) is 4.72. The number of piperidine rings is 2. The Bertz CT molecular complexity index is 471. The molecule has 0 spiro atoms. The van der Waals surface area contributed by atoms with Crippen molar-refractivity contribution in [3.8, 4) is 0 Å². The third-order valence-electron chi connectivity index (χ3n) is 5.47. The van der Waals surface area contributed by atoms with Crippen molar-refractivity contribution in [2.24, 2.45) is 5.92 Å². The molecule has 0 amide bonds. The number of aliphatic hydroxyl groups excluding tert-OH is 1. The molecule has 0 saturated carbocycles. The minimum atomic E-state index is 0.372. The van der Waals surface area contributed by atoms with Crippen LogP contribution in [0, 0.1) is 5.92 Å². The highest BCUT2D eigenvalue weighted by atomic mass is 32.2. The van der Waals surface area contributed by atoms with Crippen LogP contribution in [-0.4, -0.2) is 60.0 Å². The maximum absolute atomic E-state index is 9.30. The zero-order valence-corrected chi connectivity index (χ0v) is 15.1. The largest absolute Gasteiger partial charge is 0.396 e. The van der Waals surface area contributed by atoms with Crippen molar-refractivity contribution in [3.05, 3.63) is 29.8 Å². The Hall–Kier alpha value is -0.550. The van der Waals surface area contributed by atoms with Gasteiger partial charge in [0.25, 0.3) is 0 Å². The van der Waals surface area contributed by atoms with Gasteiger partial charge in [0, 0.05) is 30.6 Å². The van der Waals surface area contributed by atoms with E-state index in [1.165, 1.54) is 62.3 Å². The quantitative estimate of drug-likeness (QED) is 0.837. The van der Waals surface area contributed by atoms with Crippen molar-refractivity contribution in [2.45, 2.75) is 43.2 Å². The molecule has 2 aliphatic rings. The molecule has 0 radical (unpaired) electrons. The van der Waals surface area contributed by atoms with Gasteiger partial charge in [0.15, 0.2) is 0 Å². The number of hydrogen-bond acceptors (Lipinski definition) is 4. The molecule has 1 aromatic rings. The molecule has 128 valence electrons. The second-order valence-corrected chi connectivity index (χ2v) is 7.92. The number of thioether (sulfide) groups is 1. The summed E-state index contributed by atoms with van der Waals surface area (Å²) >= 11 is 1.81. The third-order valence-corrected chi connectivity index (χ3v) is 6.21. The van der Waals surface area contributed by atoms with Crippen LogP contribution in [0.4, 0.5) is 0 Å². The van der Waals surface area contributed by atoms with Crippen LogP contribution in [0.15, 0.2) is 29.2 Å². The van der Waals surface area contributed by atoms with Gasteiger partial charge in [-0.25, -0.2) is 0 Å². The van der Waals surface area contributed by atoms with E-state index >= 15 is 0 Å². The number of hydrogen-bond donors (Lipinski definition) is 1. The lowest BCUT2D eigenvalue weighted by Gasteiger charge is -2.42. The van der Waals surface area contributed by atoms with Gasteiger partial charge in [0.1, 0.15) is 0 Å².